The van der Waals surface area contributed by atoms with Crippen molar-refractivity contribution < 1.29 is 4.79 Å². The molecule has 0 unspecified atom stereocenters. The van der Waals surface area contributed by atoms with Gasteiger partial charge in [-0.3, -0.25) is 4.79 Å². The molecule has 1 aromatic rings. The monoisotopic (exact) mass is 225 g/mol. The Hall–Kier alpha value is -0.830. The highest BCUT2D eigenvalue weighted by Gasteiger charge is 2.26. The molecule has 1 amide bonds. The van der Waals surface area contributed by atoms with Crippen molar-refractivity contribution in [3.8, 4) is 0 Å². The van der Waals surface area contributed by atoms with Crippen LogP contribution >= 0.6 is 15.9 Å². The van der Waals surface area contributed by atoms with Crippen LogP contribution in [0.1, 0.15) is 18.0 Å². The fourth-order valence-corrected chi connectivity index (χ4v) is 1.52. The number of carbonyl (C=O) groups excluding carboxylic acids is 1. The lowest BCUT2D eigenvalue weighted by molar-refractivity contribution is -0.128. The Morgan fingerprint density at radius 1 is 1.33 bits per heavy atom. The van der Waals surface area contributed by atoms with Crippen LogP contribution in [0.5, 0.6) is 0 Å². The minimum Gasteiger partial charge on any atom is -0.349 e. The summed E-state index contributed by atoms with van der Waals surface area (Å²) in [6.07, 6.45) is 0.627. The summed E-state index contributed by atoms with van der Waals surface area (Å²) in [5.74, 6) is 0.142. The maximum Gasteiger partial charge on any atom is 0.222 e. The molecule has 12 heavy (non-hydrogen) atoms. The molecular formula is C9H8BrNO. The number of β-lactam (4-membered cyclic amide) rings is 1. The molecule has 2 nitrogen and oxygen atoms in total. The van der Waals surface area contributed by atoms with Crippen LogP contribution < -0.4 is 5.32 Å². The summed E-state index contributed by atoms with van der Waals surface area (Å²) in [6, 6.07) is 8.26. The predicted molar refractivity (Wildman–Crippen MR) is 49.6 cm³/mol. The third kappa shape index (κ3) is 1.37. The molecule has 3 heteroatoms. The first-order valence-corrected chi connectivity index (χ1v) is 4.60. The van der Waals surface area contributed by atoms with E-state index in [4.69, 9.17) is 0 Å². The number of hydrogen-bond acceptors (Lipinski definition) is 1. The lowest BCUT2D eigenvalue weighted by Crippen LogP contribution is -2.41. The molecule has 0 spiro atoms. The Labute approximate surface area is 79.1 Å². The third-order valence-electron chi connectivity index (χ3n) is 2.00. The number of benzene rings is 1. The van der Waals surface area contributed by atoms with Gasteiger partial charge in [0, 0.05) is 4.47 Å². The molecule has 0 aromatic heterocycles. The van der Waals surface area contributed by atoms with Crippen LogP contribution in [0.15, 0.2) is 28.7 Å². The van der Waals surface area contributed by atoms with Gasteiger partial charge in [0.2, 0.25) is 5.91 Å². The van der Waals surface area contributed by atoms with Gasteiger partial charge in [-0.15, -0.1) is 0 Å². The molecule has 1 N–H and O–H groups in total. The summed E-state index contributed by atoms with van der Waals surface area (Å²) < 4.78 is 1.07. The van der Waals surface area contributed by atoms with Crippen LogP contribution in [0.25, 0.3) is 0 Å². The lowest BCUT2D eigenvalue weighted by atomic mass is 9.98. The molecular weight excluding hydrogens is 218 g/mol. The first kappa shape index (κ1) is 7.80. The van der Waals surface area contributed by atoms with E-state index in [1.54, 1.807) is 0 Å². The van der Waals surface area contributed by atoms with Gasteiger partial charge in [0.25, 0.3) is 0 Å². The van der Waals surface area contributed by atoms with E-state index in [1.165, 1.54) is 5.56 Å². The van der Waals surface area contributed by atoms with Crippen molar-refractivity contribution in [2.24, 2.45) is 0 Å². The molecule has 2 rings (SSSR count). The van der Waals surface area contributed by atoms with E-state index in [2.05, 4.69) is 21.2 Å². The minimum absolute atomic E-state index is 0.142. The van der Waals surface area contributed by atoms with Crippen LogP contribution in [0.3, 0.4) is 0 Å². The summed E-state index contributed by atoms with van der Waals surface area (Å²) in [6.45, 7) is 0. The largest absolute Gasteiger partial charge is 0.349 e. The van der Waals surface area contributed by atoms with E-state index < -0.39 is 0 Å². The number of amides is 1. The highest BCUT2D eigenvalue weighted by Crippen LogP contribution is 2.24. The van der Waals surface area contributed by atoms with Gasteiger partial charge in [-0.1, -0.05) is 28.1 Å². The van der Waals surface area contributed by atoms with Crippen molar-refractivity contribution in [2.75, 3.05) is 0 Å². The minimum atomic E-state index is 0.142. The molecule has 0 saturated carbocycles. The van der Waals surface area contributed by atoms with E-state index in [9.17, 15) is 4.79 Å². The smallest absolute Gasteiger partial charge is 0.222 e. The van der Waals surface area contributed by atoms with E-state index in [0.717, 1.165) is 4.47 Å². The van der Waals surface area contributed by atoms with Crippen molar-refractivity contribution >= 4 is 21.8 Å². The maximum atomic E-state index is 10.6. The molecule has 1 aliphatic rings. The second-order valence-corrected chi connectivity index (χ2v) is 3.79. The van der Waals surface area contributed by atoms with Crippen molar-refractivity contribution in [2.45, 2.75) is 12.5 Å². The molecule has 1 fully saturated rings. The molecule has 1 aliphatic heterocycles. The number of carbonyl (C=O) groups is 1. The lowest BCUT2D eigenvalue weighted by Gasteiger charge is -2.27. The Morgan fingerprint density at radius 2 is 1.92 bits per heavy atom. The molecule has 0 bridgehead atoms. The van der Waals surface area contributed by atoms with E-state index in [0.29, 0.717) is 6.42 Å². The van der Waals surface area contributed by atoms with Gasteiger partial charge >= 0.3 is 0 Å². The zero-order valence-corrected chi connectivity index (χ0v) is 7.97. The Bertz CT molecular complexity index is 299. The highest BCUT2D eigenvalue weighted by atomic mass is 79.9. The van der Waals surface area contributed by atoms with E-state index in [-0.39, 0.29) is 11.9 Å². The first-order chi connectivity index (χ1) is 5.75. The van der Waals surface area contributed by atoms with Gasteiger partial charge in [-0.25, -0.2) is 0 Å². The molecule has 1 heterocycles. The van der Waals surface area contributed by atoms with Crippen LogP contribution in [-0.2, 0) is 4.79 Å². The van der Waals surface area contributed by atoms with Gasteiger partial charge in [-0.05, 0) is 17.7 Å². The van der Waals surface area contributed by atoms with Gasteiger partial charge in [-0.2, -0.15) is 0 Å². The topological polar surface area (TPSA) is 29.1 Å². The van der Waals surface area contributed by atoms with Gasteiger partial charge in [0.1, 0.15) is 0 Å². The zero-order chi connectivity index (χ0) is 8.55. The van der Waals surface area contributed by atoms with Crippen molar-refractivity contribution in [1.29, 1.82) is 0 Å². The Balaban J connectivity index is 2.14. The van der Waals surface area contributed by atoms with E-state index in [1.807, 2.05) is 24.3 Å². The second kappa shape index (κ2) is 2.90. The summed E-state index contributed by atoms with van der Waals surface area (Å²) in [5.41, 5.74) is 1.18. The number of halogens is 1. The molecule has 0 aliphatic carbocycles. The van der Waals surface area contributed by atoms with Crippen LogP contribution in [0, 0.1) is 0 Å². The van der Waals surface area contributed by atoms with Crippen molar-refractivity contribution in [1.82, 2.24) is 5.32 Å². The van der Waals surface area contributed by atoms with Crippen LogP contribution in [-0.4, -0.2) is 5.91 Å². The quantitative estimate of drug-likeness (QED) is 0.729. The van der Waals surface area contributed by atoms with E-state index >= 15 is 0 Å². The summed E-state index contributed by atoms with van der Waals surface area (Å²) >= 11 is 3.36. The molecule has 62 valence electrons. The summed E-state index contributed by atoms with van der Waals surface area (Å²) in [5, 5.41) is 2.82. The Morgan fingerprint density at radius 3 is 2.42 bits per heavy atom. The number of nitrogens with one attached hydrogen (secondary N) is 1. The van der Waals surface area contributed by atoms with Gasteiger partial charge in [0.05, 0.1) is 12.5 Å². The first-order valence-electron chi connectivity index (χ1n) is 3.80. The van der Waals surface area contributed by atoms with Gasteiger partial charge in [0.15, 0.2) is 0 Å². The van der Waals surface area contributed by atoms with Gasteiger partial charge < -0.3 is 5.32 Å². The molecule has 1 aromatic carbocycles. The standard InChI is InChI=1S/C9H8BrNO/c10-7-3-1-6(2-4-7)8-5-9(12)11-8/h1-4,8H,5H2,(H,11,12)/t8-/m1/s1. The van der Waals surface area contributed by atoms with Crippen molar-refractivity contribution in [3.63, 3.8) is 0 Å². The maximum absolute atomic E-state index is 10.6. The fraction of sp³-hybridized carbons (Fsp3) is 0.222. The van der Waals surface area contributed by atoms with Crippen LogP contribution in [0.4, 0.5) is 0 Å². The average Bonchev–Trinajstić information content (AvgIpc) is 2.01. The fourth-order valence-electron chi connectivity index (χ4n) is 1.25. The SMILES string of the molecule is O=C1C[C@H](c2ccc(Br)cc2)N1. The average molecular weight is 226 g/mol. The van der Waals surface area contributed by atoms with Crippen molar-refractivity contribution in [3.05, 3.63) is 34.3 Å². The summed E-state index contributed by atoms with van der Waals surface area (Å²) in [7, 11) is 0. The third-order valence-corrected chi connectivity index (χ3v) is 2.53. The number of rotatable bonds is 1. The Kier molecular flexibility index (Phi) is 1.89. The predicted octanol–water partition coefficient (Wildman–Crippen LogP) is 2.01. The normalized spacial score (nSPS) is 21.4. The zero-order valence-electron chi connectivity index (χ0n) is 6.38. The molecule has 0 radical (unpaired) electrons. The molecule has 1 saturated heterocycles. The van der Waals surface area contributed by atoms with Crippen LogP contribution in [0.2, 0.25) is 0 Å². The summed E-state index contributed by atoms with van der Waals surface area (Å²) in [4.78, 5) is 10.6. The number of hydrogen-bond donors (Lipinski definition) is 1. The highest BCUT2D eigenvalue weighted by molar-refractivity contribution is 9.10. The molecule has 1 atom stereocenters. The second-order valence-electron chi connectivity index (χ2n) is 2.88.